The van der Waals surface area contributed by atoms with Gasteiger partial charge in [-0.3, -0.25) is 0 Å². The van der Waals surface area contributed by atoms with Gasteiger partial charge in [-0.15, -0.1) is 3.89 Å². The van der Waals surface area contributed by atoms with E-state index in [4.69, 9.17) is 21.1 Å². The molecule has 0 bridgehead atoms. The molecule has 3 aromatic rings. The third-order valence-electron chi connectivity index (χ3n) is 3.66. The van der Waals surface area contributed by atoms with Gasteiger partial charge in [0.2, 0.25) is 5.88 Å². The van der Waals surface area contributed by atoms with Gasteiger partial charge >= 0.3 is 0 Å². The van der Waals surface area contributed by atoms with Crippen molar-refractivity contribution in [3.05, 3.63) is 29.5 Å². The number of methoxy groups -OCH3 is 1. The number of fused-ring (bicyclic) bond motifs is 1. The molecule has 0 saturated heterocycles. The van der Waals surface area contributed by atoms with E-state index in [0.29, 0.717) is 33.9 Å². The lowest BCUT2D eigenvalue weighted by Crippen LogP contribution is -2.01. The maximum atomic E-state index is 13.3. The third-order valence-corrected chi connectivity index (χ3v) is 4.26. The second kappa shape index (κ2) is 6.10. The molecule has 0 atom stereocenters. The third kappa shape index (κ3) is 2.65. The van der Waals surface area contributed by atoms with Crippen LogP contribution in [0.2, 0.25) is 5.15 Å². The van der Waals surface area contributed by atoms with Crippen molar-refractivity contribution in [2.75, 3.05) is 7.11 Å². The summed E-state index contributed by atoms with van der Waals surface area (Å²) in [5.74, 6) is 0.966. The second-order valence-electron chi connectivity index (χ2n) is 5.31. The lowest BCUT2D eigenvalue weighted by molar-refractivity contribution is 0.301. The van der Waals surface area contributed by atoms with E-state index in [-0.39, 0.29) is 23.6 Å². The fourth-order valence-electron chi connectivity index (χ4n) is 2.44. The summed E-state index contributed by atoms with van der Waals surface area (Å²) in [5, 5.41) is 5.20. The smallest absolute Gasteiger partial charge is 0.226 e. The van der Waals surface area contributed by atoms with Crippen molar-refractivity contribution in [1.82, 2.24) is 19.2 Å². The molecule has 6 nitrogen and oxygen atoms in total. The van der Waals surface area contributed by atoms with Gasteiger partial charge < -0.3 is 9.47 Å². The summed E-state index contributed by atoms with van der Waals surface area (Å²) in [4.78, 5) is 8.38. The molecule has 0 N–H and O–H groups in total. The number of pyridine rings is 2. The van der Waals surface area contributed by atoms with E-state index in [0.717, 1.165) is 16.9 Å². The van der Waals surface area contributed by atoms with Crippen LogP contribution in [0.25, 0.3) is 22.3 Å². The molecule has 1 aliphatic carbocycles. The zero-order chi connectivity index (χ0) is 16.7. The minimum Gasteiger partial charge on any atom is -0.489 e. The first kappa shape index (κ1) is 15.5. The molecule has 0 aromatic carbocycles. The molecule has 1 saturated carbocycles. The number of aromatic nitrogens is 4. The van der Waals surface area contributed by atoms with E-state index < -0.39 is 0 Å². The Balaban J connectivity index is 1.96. The topological polar surface area (TPSA) is 62.1 Å². The van der Waals surface area contributed by atoms with E-state index in [1.807, 2.05) is 0 Å². The largest absolute Gasteiger partial charge is 0.489 e. The van der Waals surface area contributed by atoms with Crippen LogP contribution in [0.4, 0.5) is 3.89 Å². The van der Waals surface area contributed by atoms with Crippen LogP contribution in [0.15, 0.2) is 24.4 Å². The summed E-state index contributed by atoms with van der Waals surface area (Å²) < 4.78 is 25.7. The molecule has 1 aliphatic rings. The van der Waals surface area contributed by atoms with Crippen molar-refractivity contribution >= 4 is 35.0 Å². The highest BCUT2D eigenvalue weighted by Gasteiger charge is 2.28. The van der Waals surface area contributed by atoms with Crippen LogP contribution in [0.1, 0.15) is 12.8 Å². The van der Waals surface area contributed by atoms with Crippen molar-refractivity contribution in [2.45, 2.75) is 18.9 Å². The van der Waals surface area contributed by atoms with Crippen molar-refractivity contribution < 1.29 is 13.4 Å². The predicted octanol–water partition coefficient (Wildman–Crippen LogP) is 4.08. The zero-order valence-corrected chi connectivity index (χ0v) is 14.1. The summed E-state index contributed by atoms with van der Waals surface area (Å²) in [6, 6.07) is 5.13. The fourth-order valence-corrected chi connectivity index (χ4v) is 2.90. The van der Waals surface area contributed by atoms with E-state index in [1.54, 1.807) is 24.4 Å². The van der Waals surface area contributed by atoms with Crippen LogP contribution in [0, 0.1) is 0 Å². The average Bonchev–Trinajstić information content (AvgIpc) is 3.34. The van der Waals surface area contributed by atoms with Crippen LogP contribution in [-0.4, -0.2) is 32.4 Å². The number of ether oxygens (including phenoxy) is 2. The van der Waals surface area contributed by atoms with Gasteiger partial charge in [0.15, 0.2) is 18.0 Å². The first-order valence-electron chi connectivity index (χ1n) is 7.25. The Labute approximate surface area is 146 Å². The molecule has 9 heteroatoms. The minimum absolute atomic E-state index is 0.0496. The molecule has 0 unspecified atom stereocenters. The number of halogens is 2. The van der Waals surface area contributed by atoms with Gasteiger partial charge in [0.1, 0.15) is 22.2 Å². The van der Waals surface area contributed by atoms with Gasteiger partial charge in [-0.2, -0.15) is 9.19 Å². The second-order valence-corrected chi connectivity index (χ2v) is 6.18. The van der Waals surface area contributed by atoms with Crippen LogP contribution in [-0.2, 0) is 0 Å². The Morgan fingerprint density at radius 2 is 2.17 bits per heavy atom. The highest BCUT2D eigenvalue weighted by Crippen LogP contribution is 2.42. The highest BCUT2D eigenvalue weighted by atomic mass is 35.5. The minimum atomic E-state index is -0.0496. The van der Waals surface area contributed by atoms with E-state index >= 15 is 0 Å². The van der Waals surface area contributed by atoms with Crippen LogP contribution in [0.5, 0.6) is 11.6 Å². The Bertz CT molecular complexity index is 916. The lowest BCUT2D eigenvalue weighted by atomic mass is 10.1. The summed E-state index contributed by atoms with van der Waals surface area (Å²) in [7, 11) is 1.52. The quantitative estimate of drug-likeness (QED) is 0.634. The van der Waals surface area contributed by atoms with E-state index in [9.17, 15) is 3.89 Å². The molecule has 0 aliphatic heterocycles. The summed E-state index contributed by atoms with van der Waals surface area (Å²) in [6.45, 7) is 0. The Morgan fingerprint density at radius 3 is 2.88 bits per heavy atom. The van der Waals surface area contributed by atoms with Gasteiger partial charge in [-0.1, -0.05) is 11.6 Å². The molecule has 4 rings (SSSR count). The van der Waals surface area contributed by atoms with Gasteiger partial charge in [-0.25, -0.2) is 9.97 Å². The summed E-state index contributed by atoms with van der Waals surface area (Å²) in [6.07, 6.45) is 3.82. The molecule has 3 heterocycles. The fraction of sp³-hybridized carbons (Fsp3) is 0.267. The molecule has 0 spiro atoms. The summed E-state index contributed by atoms with van der Waals surface area (Å²) >= 11 is 5.87. The van der Waals surface area contributed by atoms with Gasteiger partial charge in [-0.05, 0) is 31.0 Å². The first-order chi connectivity index (χ1) is 11.7. The van der Waals surface area contributed by atoms with Crippen molar-refractivity contribution in [1.29, 1.82) is 0 Å². The maximum Gasteiger partial charge on any atom is 0.226 e. The van der Waals surface area contributed by atoms with Gasteiger partial charge in [0.25, 0.3) is 0 Å². The number of hydrogen-bond donors (Lipinski definition) is 0. The summed E-state index contributed by atoms with van der Waals surface area (Å²) in [5.41, 5.74) is 1.39. The van der Waals surface area contributed by atoms with Gasteiger partial charge in [0.05, 0.1) is 13.2 Å². The monoisotopic (exact) mass is 366 g/mol. The van der Waals surface area contributed by atoms with Crippen LogP contribution < -0.4 is 9.47 Å². The SMILES string of the molecule is COc1nccc(OC2CC2)c1-c1nn(SF)c2nc(Cl)ccc12. The predicted molar refractivity (Wildman–Crippen MR) is 90.1 cm³/mol. The number of rotatable bonds is 5. The molecule has 3 aromatic heterocycles. The number of hydrogen-bond acceptors (Lipinski definition) is 6. The van der Waals surface area contributed by atoms with Crippen LogP contribution >= 0.6 is 23.9 Å². The van der Waals surface area contributed by atoms with E-state index in [2.05, 4.69) is 15.1 Å². The zero-order valence-electron chi connectivity index (χ0n) is 12.6. The van der Waals surface area contributed by atoms with Crippen molar-refractivity contribution in [3.8, 4) is 22.9 Å². The van der Waals surface area contributed by atoms with Crippen molar-refractivity contribution in [2.24, 2.45) is 0 Å². The van der Waals surface area contributed by atoms with Crippen molar-refractivity contribution in [3.63, 3.8) is 0 Å². The average molecular weight is 367 g/mol. The molecule has 24 heavy (non-hydrogen) atoms. The highest BCUT2D eigenvalue weighted by molar-refractivity contribution is 7.92. The molecular formula is C15H12ClFN4O2S. The molecular weight excluding hydrogens is 355 g/mol. The standard InChI is InChI=1S/C15H12ClFN4O2S/c1-22-15-12(10(6-7-18-15)23-8-2-3-8)13-9-4-5-11(16)19-14(9)21(20-13)24-17/h4-8H,2-3H2,1H3. The lowest BCUT2D eigenvalue weighted by Gasteiger charge is -2.12. The van der Waals surface area contributed by atoms with Crippen LogP contribution in [0.3, 0.4) is 0 Å². The maximum absolute atomic E-state index is 13.3. The first-order valence-corrected chi connectivity index (χ1v) is 8.31. The van der Waals surface area contributed by atoms with E-state index in [1.165, 1.54) is 7.11 Å². The Morgan fingerprint density at radius 1 is 1.33 bits per heavy atom. The Kier molecular flexibility index (Phi) is 3.93. The normalized spacial score (nSPS) is 14.1. The Hall–Kier alpha value is -2.06. The van der Waals surface area contributed by atoms with Gasteiger partial charge in [0, 0.05) is 11.6 Å². The number of nitrogens with zero attached hydrogens (tertiary/aromatic N) is 4. The molecule has 1 fully saturated rings. The molecule has 124 valence electrons. The molecule has 0 radical (unpaired) electrons. The molecule has 0 amide bonds.